The number of para-hydroxylation sites is 2. The average molecular weight is 447 g/mol. The third-order valence-corrected chi connectivity index (χ3v) is 6.28. The number of ether oxygens (including phenoxy) is 2. The Hall–Kier alpha value is -3.22. The molecule has 0 radical (unpaired) electrons. The molecule has 3 aromatic rings. The highest BCUT2D eigenvalue weighted by Crippen LogP contribution is 2.40. The highest BCUT2D eigenvalue weighted by molar-refractivity contribution is 6.31. The van der Waals surface area contributed by atoms with Crippen molar-refractivity contribution in [3.63, 3.8) is 0 Å². The molecule has 0 amide bonds. The summed E-state index contributed by atoms with van der Waals surface area (Å²) < 4.78 is 11.0. The lowest BCUT2D eigenvalue weighted by atomic mass is 9.98. The molecule has 0 spiro atoms. The lowest BCUT2D eigenvalue weighted by Gasteiger charge is -2.31. The lowest BCUT2D eigenvalue weighted by Crippen LogP contribution is -2.46. The van der Waals surface area contributed by atoms with Gasteiger partial charge in [0.2, 0.25) is 6.79 Å². The number of amidine groups is 1. The molecule has 32 heavy (non-hydrogen) atoms. The summed E-state index contributed by atoms with van der Waals surface area (Å²) in [5.41, 5.74) is 6.26. The van der Waals surface area contributed by atoms with Gasteiger partial charge in [-0.2, -0.15) is 0 Å². The molecule has 2 N–H and O–H groups in total. The first-order valence-electron chi connectivity index (χ1n) is 10.9. The Bertz CT molecular complexity index is 1220. The third kappa shape index (κ3) is 3.55. The van der Waals surface area contributed by atoms with Crippen LogP contribution in [0, 0.1) is 0 Å². The summed E-state index contributed by atoms with van der Waals surface area (Å²) in [4.78, 5) is 7.44. The van der Waals surface area contributed by atoms with Crippen molar-refractivity contribution in [1.82, 2.24) is 10.2 Å². The van der Waals surface area contributed by atoms with Gasteiger partial charge in [-0.25, -0.2) is 4.99 Å². The van der Waals surface area contributed by atoms with Crippen LogP contribution in [0.15, 0.2) is 59.6 Å². The van der Waals surface area contributed by atoms with Crippen molar-refractivity contribution in [1.29, 1.82) is 0 Å². The molecule has 162 valence electrons. The molecular weight excluding hydrogens is 424 g/mol. The molecule has 6 nitrogen and oxygen atoms in total. The van der Waals surface area contributed by atoms with E-state index in [9.17, 15) is 0 Å². The topological polar surface area (TPSA) is 58.1 Å². The Kier molecular flexibility index (Phi) is 4.89. The van der Waals surface area contributed by atoms with E-state index in [2.05, 4.69) is 33.7 Å². The van der Waals surface area contributed by atoms with Crippen molar-refractivity contribution in [3.05, 3.63) is 76.3 Å². The zero-order chi connectivity index (χ0) is 21.5. The van der Waals surface area contributed by atoms with Gasteiger partial charge >= 0.3 is 0 Å². The van der Waals surface area contributed by atoms with Crippen molar-refractivity contribution in [2.24, 2.45) is 4.99 Å². The summed E-state index contributed by atoms with van der Waals surface area (Å²) in [7, 11) is 0. The van der Waals surface area contributed by atoms with Crippen molar-refractivity contribution in [2.45, 2.75) is 6.42 Å². The number of fused-ring (bicyclic) bond motifs is 3. The van der Waals surface area contributed by atoms with Gasteiger partial charge in [-0.15, -0.1) is 0 Å². The summed E-state index contributed by atoms with van der Waals surface area (Å²) in [6.45, 7) is 3.96. The highest BCUT2D eigenvalue weighted by atomic mass is 35.5. The first kappa shape index (κ1) is 19.5. The molecule has 0 aliphatic carbocycles. The molecule has 3 aromatic carbocycles. The second kappa shape index (κ2) is 8.04. The Morgan fingerprint density at radius 3 is 2.72 bits per heavy atom. The molecule has 1 saturated heterocycles. The van der Waals surface area contributed by atoms with Crippen LogP contribution in [0.3, 0.4) is 0 Å². The van der Waals surface area contributed by atoms with E-state index in [-0.39, 0.29) is 6.79 Å². The second-order valence-electron chi connectivity index (χ2n) is 8.17. The number of aliphatic imine (C=N–C) groups is 1. The first-order chi connectivity index (χ1) is 15.7. The number of piperazine rings is 1. The molecule has 0 atom stereocenters. The fraction of sp³-hybridized carbons (Fsp3) is 0.240. The molecule has 3 aliphatic heterocycles. The summed E-state index contributed by atoms with van der Waals surface area (Å²) in [5.74, 6) is 2.55. The van der Waals surface area contributed by atoms with Gasteiger partial charge in [-0.05, 0) is 53.9 Å². The van der Waals surface area contributed by atoms with E-state index in [1.165, 1.54) is 0 Å². The fourth-order valence-corrected chi connectivity index (χ4v) is 4.74. The lowest BCUT2D eigenvalue weighted by molar-refractivity contribution is 0.174. The van der Waals surface area contributed by atoms with E-state index in [0.717, 1.165) is 77.3 Å². The molecule has 1 fully saturated rings. The van der Waals surface area contributed by atoms with Crippen molar-refractivity contribution in [2.75, 3.05) is 38.3 Å². The summed E-state index contributed by atoms with van der Waals surface area (Å²) >= 11 is 6.65. The Labute approximate surface area is 191 Å². The number of halogens is 1. The molecule has 7 heteroatoms. The summed E-state index contributed by atoms with van der Waals surface area (Å²) in [5, 5.41) is 7.80. The van der Waals surface area contributed by atoms with Gasteiger partial charge in [0.1, 0.15) is 5.84 Å². The number of anilines is 2. The maximum absolute atomic E-state index is 6.65. The number of nitrogens with zero attached hydrogens (tertiary/aromatic N) is 2. The standard InChI is InChI=1S/C25H23ClN4O2/c26-18-13-17(11-16-5-6-22-23(12-16)32-15-31-22)24-19(14-18)25(30-9-7-27-8-10-30)29-21-4-2-1-3-20(21)28-24/h1-6,12-14,27-28H,7-11,15H2. The molecule has 0 saturated carbocycles. The Morgan fingerprint density at radius 2 is 1.81 bits per heavy atom. The number of rotatable bonds is 2. The minimum Gasteiger partial charge on any atom is -0.454 e. The van der Waals surface area contributed by atoms with Gasteiger partial charge in [0.05, 0.1) is 17.1 Å². The fourth-order valence-electron chi connectivity index (χ4n) is 4.50. The van der Waals surface area contributed by atoms with E-state index >= 15 is 0 Å². The Morgan fingerprint density at radius 1 is 0.969 bits per heavy atom. The first-order valence-corrected chi connectivity index (χ1v) is 11.2. The maximum Gasteiger partial charge on any atom is 0.231 e. The second-order valence-corrected chi connectivity index (χ2v) is 8.60. The van der Waals surface area contributed by atoms with Crippen molar-refractivity contribution < 1.29 is 9.47 Å². The van der Waals surface area contributed by atoms with E-state index in [1.54, 1.807) is 0 Å². The van der Waals surface area contributed by atoms with Gasteiger partial charge in [0.15, 0.2) is 11.5 Å². The molecule has 6 rings (SSSR count). The van der Waals surface area contributed by atoms with Crippen LogP contribution in [-0.2, 0) is 6.42 Å². The van der Waals surface area contributed by atoms with Crippen LogP contribution in [0.25, 0.3) is 0 Å². The summed E-state index contributed by atoms with van der Waals surface area (Å²) in [6, 6.07) is 18.3. The predicted octanol–water partition coefficient (Wildman–Crippen LogP) is 4.70. The van der Waals surface area contributed by atoms with Crippen LogP contribution in [-0.4, -0.2) is 43.7 Å². The zero-order valence-corrected chi connectivity index (χ0v) is 18.3. The van der Waals surface area contributed by atoms with Crippen LogP contribution in [0.5, 0.6) is 11.5 Å². The number of benzene rings is 3. The Balaban J connectivity index is 1.47. The molecule has 0 aromatic heterocycles. The van der Waals surface area contributed by atoms with Gasteiger partial charge in [-0.3, -0.25) is 0 Å². The van der Waals surface area contributed by atoms with E-state index in [0.29, 0.717) is 11.4 Å². The van der Waals surface area contributed by atoms with Crippen LogP contribution in [0.1, 0.15) is 16.7 Å². The molecule has 0 bridgehead atoms. The minimum absolute atomic E-state index is 0.272. The molecule has 3 aliphatic rings. The number of nitrogens with one attached hydrogen (secondary N) is 2. The normalized spacial score (nSPS) is 16.5. The highest BCUT2D eigenvalue weighted by Gasteiger charge is 2.25. The third-order valence-electron chi connectivity index (χ3n) is 6.06. The van der Waals surface area contributed by atoms with Gasteiger partial charge < -0.3 is 25.0 Å². The van der Waals surface area contributed by atoms with E-state index < -0.39 is 0 Å². The minimum atomic E-state index is 0.272. The van der Waals surface area contributed by atoms with E-state index in [4.69, 9.17) is 26.1 Å². The van der Waals surface area contributed by atoms with Crippen LogP contribution >= 0.6 is 11.6 Å². The SMILES string of the molecule is Clc1cc(Cc2ccc3c(c2)OCO3)c2c(c1)C(N1CCNCC1)=Nc1ccccc1N2. The molecule has 3 heterocycles. The van der Waals surface area contributed by atoms with Crippen LogP contribution < -0.4 is 20.1 Å². The number of hydrogen-bond acceptors (Lipinski definition) is 6. The number of hydrogen-bond donors (Lipinski definition) is 2. The maximum atomic E-state index is 6.65. The largest absolute Gasteiger partial charge is 0.454 e. The molecular formula is C25H23ClN4O2. The summed E-state index contributed by atoms with van der Waals surface area (Å²) in [6.07, 6.45) is 0.712. The predicted molar refractivity (Wildman–Crippen MR) is 127 cm³/mol. The van der Waals surface area contributed by atoms with Gasteiger partial charge in [-0.1, -0.05) is 29.8 Å². The van der Waals surface area contributed by atoms with Crippen LogP contribution in [0.2, 0.25) is 5.02 Å². The van der Waals surface area contributed by atoms with Gasteiger partial charge in [0, 0.05) is 36.8 Å². The smallest absolute Gasteiger partial charge is 0.231 e. The van der Waals surface area contributed by atoms with Crippen molar-refractivity contribution in [3.8, 4) is 11.5 Å². The quantitative estimate of drug-likeness (QED) is 0.597. The average Bonchev–Trinajstić information content (AvgIpc) is 3.21. The van der Waals surface area contributed by atoms with Crippen LogP contribution in [0.4, 0.5) is 17.1 Å². The monoisotopic (exact) mass is 446 g/mol. The molecule has 0 unspecified atom stereocenters. The van der Waals surface area contributed by atoms with Gasteiger partial charge in [0.25, 0.3) is 0 Å². The zero-order valence-electron chi connectivity index (χ0n) is 17.5. The van der Waals surface area contributed by atoms with E-state index in [1.807, 2.05) is 36.4 Å². The van der Waals surface area contributed by atoms with Crippen molar-refractivity contribution >= 4 is 34.5 Å².